The summed E-state index contributed by atoms with van der Waals surface area (Å²) in [6.07, 6.45) is 3.61. The quantitative estimate of drug-likeness (QED) is 0.662. The summed E-state index contributed by atoms with van der Waals surface area (Å²) in [5, 5.41) is 0. The molecule has 19 heavy (non-hydrogen) atoms. The molecule has 0 nitrogen and oxygen atoms in total. The Kier molecular flexibility index (Phi) is 5.14. The van der Waals surface area contributed by atoms with Crippen LogP contribution < -0.4 is 0 Å². The molecule has 0 N–H and O–H groups in total. The summed E-state index contributed by atoms with van der Waals surface area (Å²) in [6.45, 7) is 0. The van der Waals surface area contributed by atoms with E-state index in [0.29, 0.717) is 0 Å². The van der Waals surface area contributed by atoms with E-state index in [1.807, 2.05) is 36.4 Å². The van der Waals surface area contributed by atoms with E-state index in [0.717, 1.165) is 31.3 Å². The van der Waals surface area contributed by atoms with Crippen molar-refractivity contribution >= 4 is 11.6 Å². The predicted octanol–water partition coefficient (Wildman–Crippen LogP) is 5.37. The number of aryl methyl sites for hydroxylation is 2. The molecule has 0 amide bonds. The van der Waals surface area contributed by atoms with E-state index < -0.39 is 0 Å². The van der Waals surface area contributed by atoms with Crippen molar-refractivity contribution in [2.24, 2.45) is 0 Å². The molecule has 0 aliphatic carbocycles. The molecule has 0 radical (unpaired) electrons. The molecule has 0 aliphatic rings. The van der Waals surface area contributed by atoms with Crippen molar-refractivity contribution in [3.05, 3.63) is 82.9 Å². The molecule has 0 saturated carbocycles. The van der Waals surface area contributed by atoms with Crippen LogP contribution in [0, 0.1) is 0 Å². The van der Waals surface area contributed by atoms with Crippen molar-refractivity contribution in [1.82, 2.24) is 0 Å². The average molecular weight is 272 g/mol. The average Bonchev–Trinajstić information content (AvgIpc) is 2.49. The standard InChI is InChI=1S/C18H19Cl/c19-15-18(13-11-16-7-3-1-4-8-16)14-12-17-9-5-2-6-10-17/h1-10,15H,11-14H2/i15D. The number of hydrogen-bond donors (Lipinski definition) is 0. The molecule has 0 aliphatic heterocycles. The number of halogens is 1. The normalized spacial score (nSPS) is 10.9. The van der Waals surface area contributed by atoms with Crippen LogP contribution >= 0.6 is 11.6 Å². The first-order chi connectivity index (χ1) is 9.75. The monoisotopic (exact) mass is 271 g/mol. The SMILES string of the molecule is [2H]C(Cl)=C(CCc1ccccc1)CCc1ccccc1. The van der Waals surface area contributed by atoms with E-state index in [9.17, 15) is 0 Å². The first kappa shape index (κ1) is 12.5. The first-order valence-electron chi connectivity index (χ1n) is 7.17. The lowest BCUT2D eigenvalue weighted by molar-refractivity contribution is 0.838. The lowest BCUT2D eigenvalue weighted by Gasteiger charge is -2.07. The van der Waals surface area contributed by atoms with Gasteiger partial charge < -0.3 is 0 Å². The molecule has 0 spiro atoms. The van der Waals surface area contributed by atoms with Crippen molar-refractivity contribution in [3.63, 3.8) is 0 Å². The zero-order chi connectivity index (χ0) is 14.2. The summed E-state index contributed by atoms with van der Waals surface area (Å²) < 4.78 is 7.71. The largest absolute Gasteiger partial charge is 0.0930 e. The van der Waals surface area contributed by atoms with E-state index in [4.69, 9.17) is 13.0 Å². The summed E-state index contributed by atoms with van der Waals surface area (Å²) in [5.74, 6) is 0. The second-order valence-corrected chi connectivity index (χ2v) is 4.86. The van der Waals surface area contributed by atoms with Crippen molar-refractivity contribution in [1.29, 1.82) is 0 Å². The van der Waals surface area contributed by atoms with Crippen molar-refractivity contribution in [2.75, 3.05) is 0 Å². The summed E-state index contributed by atoms with van der Waals surface area (Å²) in [5.41, 5.74) is 3.83. The van der Waals surface area contributed by atoms with Crippen molar-refractivity contribution in [3.8, 4) is 0 Å². The van der Waals surface area contributed by atoms with Crippen LogP contribution in [-0.4, -0.2) is 0 Å². The topological polar surface area (TPSA) is 0 Å². The minimum absolute atomic E-state index is 0.205. The number of hydrogen-bond acceptors (Lipinski definition) is 0. The molecule has 0 saturated heterocycles. The number of benzene rings is 2. The molecule has 0 fully saturated rings. The van der Waals surface area contributed by atoms with Crippen LogP contribution in [0.1, 0.15) is 25.3 Å². The van der Waals surface area contributed by atoms with E-state index in [1.54, 1.807) is 0 Å². The van der Waals surface area contributed by atoms with E-state index in [-0.39, 0.29) is 5.51 Å². The Balaban J connectivity index is 1.90. The molecular formula is C18H19Cl. The molecule has 0 bridgehead atoms. The number of rotatable bonds is 6. The molecule has 0 atom stereocenters. The van der Waals surface area contributed by atoms with Gasteiger partial charge in [0, 0.05) is 5.51 Å². The van der Waals surface area contributed by atoms with Gasteiger partial charge in [0.1, 0.15) is 0 Å². The maximum absolute atomic E-state index is 7.71. The highest BCUT2D eigenvalue weighted by Crippen LogP contribution is 2.16. The maximum atomic E-state index is 7.71. The highest BCUT2D eigenvalue weighted by molar-refractivity contribution is 6.25. The van der Waals surface area contributed by atoms with Gasteiger partial charge in [0.15, 0.2) is 0 Å². The Morgan fingerprint density at radius 2 is 1.26 bits per heavy atom. The summed E-state index contributed by atoms with van der Waals surface area (Å²) in [4.78, 5) is 0. The van der Waals surface area contributed by atoms with Gasteiger partial charge in [-0.3, -0.25) is 0 Å². The minimum Gasteiger partial charge on any atom is -0.0930 e. The second kappa shape index (κ2) is 7.81. The molecule has 0 aromatic heterocycles. The summed E-state index contributed by atoms with van der Waals surface area (Å²) in [7, 11) is 0. The zero-order valence-corrected chi connectivity index (χ0v) is 11.7. The van der Waals surface area contributed by atoms with Gasteiger partial charge in [0.2, 0.25) is 0 Å². The van der Waals surface area contributed by atoms with Gasteiger partial charge >= 0.3 is 0 Å². The highest BCUT2D eigenvalue weighted by atomic mass is 35.5. The van der Waals surface area contributed by atoms with Gasteiger partial charge in [-0.1, -0.05) is 77.8 Å². The fraction of sp³-hybridized carbons (Fsp3) is 0.222. The highest BCUT2D eigenvalue weighted by Gasteiger charge is 2.00. The van der Waals surface area contributed by atoms with Gasteiger partial charge in [-0.05, 0) is 36.8 Å². The van der Waals surface area contributed by atoms with E-state index in [2.05, 4.69) is 24.3 Å². The van der Waals surface area contributed by atoms with E-state index >= 15 is 0 Å². The van der Waals surface area contributed by atoms with Crippen molar-refractivity contribution in [2.45, 2.75) is 25.7 Å². The third-order valence-corrected chi connectivity index (χ3v) is 3.52. The zero-order valence-electron chi connectivity index (χ0n) is 12.0. The maximum Gasteiger partial charge on any atom is 0.0754 e. The van der Waals surface area contributed by atoms with Crippen molar-refractivity contribution < 1.29 is 1.37 Å². The smallest absolute Gasteiger partial charge is 0.0754 e. The van der Waals surface area contributed by atoms with Crippen LogP contribution in [0.2, 0.25) is 0 Å². The molecule has 0 heterocycles. The molecule has 2 aromatic rings. The molecule has 2 rings (SSSR count). The third-order valence-electron chi connectivity index (χ3n) is 3.25. The van der Waals surface area contributed by atoms with Crippen LogP contribution in [0.25, 0.3) is 0 Å². The summed E-state index contributed by atoms with van der Waals surface area (Å²) in [6, 6.07) is 20.7. The van der Waals surface area contributed by atoms with E-state index in [1.165, 1.54) is 11.1 Å². The Morgan fingerprint density at radius 3 is 1.63 bits per heavy atom. The fourth-order valence-corrected chi connectivity index (χ4v) is 2.29. The van der Waals surface area contributed by atoms with Gasteiger partial charge in [0.25, 0.3) is 0 Å². The lowest BCUT2D eigenvalue weighted by Crippen LogP contribution is -1.92. The fourth-order valence-electron chi connectivity index (χ4n) is 2.10. The molecular weight excluding hydrogens is 252 g/mol. The minimum atomic E-state index is 0.205. The van der Waals surface area contributed by atoms with Gasteiger partial charge in [0.05, 0.1) is 1.37 Å². The predicted molar refractivity (Wildman–Crippen MR) is 83.5 cm³/mol. The summed E-state index contributed by atoms with van der Waals surface area (Å²) >= 11 is 5.92. The van der Waals surface area contributed by atoms with Crippen LogP contribution in [0.5, 0.6) is 0 Å². The van der Waals surface area contributed by atoms with Crippen LogP contribution in [-0.2, 0) is 12.8 Å². The Hall–Kier alpha value is -1.53. The molecule has 2 aromatic carbocycles. The molecule has 0 unspecified atom stereocenters. The van der Waals surface area contributed by atoms with Gasteiger partial charge in [-0.25, -0.2) is 0 Å². The third kappa shape index (κ3) is 4.92. The van der Waals surface area contributed by atoms with Crippen LogP contribution in [0.15, 0.2) is 71.7 Å². The van der Waals surface area contributed by atoms with Gasteiger partial charge in [-0.2, -0.15) is 0 Å². The Bertz CT molecular complexity index is 497. The Labute approximate surface area is 122 Å². The number of allylic oxidation sites excluding steroid dienone is 1. The van der Waals surface area contributed by atoms with Gasteiger partial charge in [-0.15, -0.1) is 0 Å². The second-order valence-electron chi connectivity index (χ2n) is 4.67. The lowest BCUT2D eigenvalue weighted by atomic mass is 10.00. The first-order valence-corrected chi connectivity index (χ1v) is 7.05. The Morgan fingerprint density at radius 1 is 0.842 bits per heavy atom. The molecule has 98 valence electrons. The molecule has 1 heteroatoms. The van der Waals surface area contributed by atoms with Crippen LogP contribution in [0.3, 0.4) is 0 Å². The van der Waals surface area contributed by atoms with Crippen LogP contribution in [0.4, 0.5) is 0 Å².